The third kappa shape index (κ3) is 2.93. The lowest BCUT2D eigenvalue weighted by atomic mass is 9.89. The molecule has 1 aliphatic carbocycles. The van der Waals surface area contributed by atoms with Gasteiger partial charge in [-0.1, -0.05) is 0 Å². The summed E-state index contributed by atoms with van der Waals surface area (Å²) in [5.41, 5.74) is 16.0. The Bertz CT molecular complexity index is 567. The Morgan fingerprint density at radius 2 is 1.70 bits per heavy atom. The van der Waals surface area contributed by atoms with E-state index in [1.54, 1.807) is 0 Å². The number of ether oxygens (including phenoxy) is 1. The number of anilines is 3. The van der Waals surface area contributed by atoms with E-state index in [4.69, 9.17) is 16.2 Å². The van der Waals surface area contributed by atoms with Crippen molar-refractivity contribution in [3.05, 3.63) is 5.56 Å². The number of aromatic nitrogens is 2. The van der Waals surface area contributed by atoms with Gasteiger partial charge in [0.25, 0.3) is 0 Å². The predicted molar refractivity (Wildman–Crippen MR) is 88.5 cm³/mol. The van der Waals surface area contributed by atoms with Gasteiger partial charge in [-0.15, -0.1) is 0 Å². The second-order valence-electron chi connectivity index (χ2n) is 6.64. The fourth-order valence-electron chi connectivity index (χ4n) is 4.01. The minimum absolute atomic E-state index is 0.228. The zero-order valence-corrected chi connectivity index (χ0v) is 13.4. The first-order valence-corrected chi connectivity index (χ1v) is 8.47. The van der Waals surface area contributed by atoms with Crippen LogP contribution >= 0.6 is 0 Å². The van der Waals surface area contributed by atoms with Crippen LogP contribution in [0.5, 0.6) is 0 Å². The molecule has 3 heterocycles. The first-order valence-electron chi connectivity index (χ1n) is 8.47. The number of hydrogen-bond donors (Lipinski definition) is 3. The van der Waals surface area contributed by atoms with Crippen LogP contribution in [0.2, 0.25) is 0 Å². The normalized spacial score (nSPS) is 29.2. The summed E-state index contributed by atoms with van der Waals surface area (Å²) in [6, 6.07) is 1.22. The van der Waals surface area contributed by atoms with Crippen LogP contribution in [-0.4, -0.2) is 58.3 Å². The van der Waals surface area contributed by atoms with E-state index in [9.17, 15) is 0 Å². The molecule has 0 aromatic carbocycles. The Labute approximate surface area is 136 Å². The molecule has 0 unspecified atom stereocenters. The fourth-order valence-corrected chi connectivity index (χ4v) is 4.01. The molecule has 0 spiro atoms. The molecule has 0 radical (unpaired) electrons. The van der Waals surface area contributed by atoms with E-state index in [0.717, 1.165) is 44.2 Å². The highest BCUT2D eigenvalue weighted by Gasteiger charge is 2.33. The number of nitrogens with two attached hydrogens (primary N) is 2. The molecule has 1 saturated carbocycles. The van der Waals surface area contributed by atoms with Crippen LogP contribution < -0.4 is 16.9 Å². The second-order valence-corrected chi connectivity index (χ2v) is 6.64. The Hall–Kier alpha value is -1.64. The van der Waals surface area contributed by atoms with Crippen molar-refractivity contribution in [1.29, 1.82) is 0 Å². The van der Waals surface area contributed by atoms with E-state index < -0.39 is 0 Å². The maximum atomic E-state index is 5.97. The summed E-state index contributed by atoms with van der Waals surface area (Å²) in [6.07, 6.45) is 4.85. The van der Waals surface area contributed by atoms with Gasteiger partial charge < -0.3 is 21.6 Å². The molecule has 126 valence electrons. The standard InChI is InChI=1S/C15H25N7O/c16-13-12-9-22(20-14(12)19-15(17)18-13)11-3-1-10(2-4-11)21-5-7-23-8-6-21/h10-11H,1-9H2,(H5,16,17,18,19,20). The van der Waals surface area contributed by atoms with Crippen molar-refractivity contribution in [2.45, 2.75) is 44.3 Å². The van der Waals surface area contributed by atoms with E-state index in [0.29, 0.717) is 17.9 Å². The lowest BCUT2D eigenvalue weighted by Crippen LogP contribution is -2.48. The van der Waals surface area contributed by atoms with Crippen molar-refractivity contribution >= 4 is 17.6 Å². The van der Waals surface area contributed by atoms with Crippen LogP contribution in [0, 0.1) is 0 Å². The average Bonchev–Trinajstić information content (AvgIpc) is 3.00. The quantitative estimate of drug-likeness (QED) is 0.720. The average molecular weight is 319 g/mol. The van der Waals surface area contributed by atoms with Crippen molar-refractivity contribution in [3.8, 4) is 0 Å². The Morgan fingerprint density at radius 3 is 2.43 bits per heavy atom. The molecule has 4 rings (SSSR count). The van der Waals surface area contributed by atoms with Gasteiger partial charge in [-0.25, -0.2) is 5.01 Å². The topological polar surface area (TPSA) is 106 Å². The number of hydrazine groups is 1. The largest absolute Gasteiger partial charge is 0.383 e. The van der Waals surface area contributed by atoms with E-state index in [-0.39, 0.29) is 5.95 Å². The fraction of sp³-hybridized carbons (Fsp3) is 0.733. The van der Waals surface area contributed by atoms with Gasteiger partial charge in [-0.2, -0.15) is 9.97 Å². The van der Waals surface area contributed by atoms with Crippen molar-refractivity contribution in [2.75, 3.05) is 43.2 Å². The van der Waals surface area contributed by atoms with E-state index >= 15 is 0 Å². The van der Waals surface area contributed by atoms with Crippen LogP contribution in [-0.2, 0) is 11.3 Å². The number of morpholine rings is 1. The molecule has 0 bridgehead atoms. The SMILES string of the molecule is Nc1nc(N)c2c(n1)NN(C1CCC(N3CCOCC3)CC1)C2. The molecular formula is C15H25N7O. The number of nitrogens with one attached hydrogen (secondary N) is 1. The second kappa shape index (κ2) is 6.10. The Morgan fingerprint density at radius 1 is 1.00 bits per heavy atom. The van der Waals surface area contributed by atoms with E-state index in [2.05, 4.69) is 25.3 Å². The molecule has 0 amide bonds. The van der Waals surface area contributed by atoms with Gasteiger partial charge in [-0.3, -0.25) is 4.90 Å². The lowest BCUT2D eigenvalue weighted by Gasteiger charge is -2.40. The minimum Gasteiger partial charge on any atom is -0.383 e. The van der Waals surface area contributed by atoms with E-state index in [1.807, 2.05) is 0 Å². The molecule has 5 N–H and O–H groups in total. The molecular weight excluding hydrogens is 294 g/mol. The lowest BCUT2D eigenvalue weighted by molar-refractivity contribution is 0.00216. The van der Waals surface area contributed by atoms with Gasteiger partial charge in [0.15, 0.2) is 5.82 Å². The zero-order chi connectivity index (χ0) is 15.8. The number of nitrogens with zero attached hydrogens (tertiary/aromatic N) is 4. The van der Waals surface area contributed by atoms with Crippen molar-refractivity contribution in [3.63, 3.8) is 0 Å². The number of fused-ring (bicyclic) bond motifs is 1. The molecule has 8 nitrogen and oxygen atoms in total. The summed E-state index contributed by atoms with van der Waals surface area (Å²) < 4.78 is 5.45. The number of rotatable bonds is 2. The van der Waals surface area contributed by atoms with Crippen LogP contribution in [0.25, 0.3) is 0 Å². The van der Waals surface area contributed by atoms with Crippen molar-refractivity contribution in [2.24, 2.45) is 0 Å². The third-order valence-electron chi connectivity index (χ3n) is 5.30. The molecule has 1 saturated heterocycles. The van der Waals surface area contributed by atoms with E-state index in [1.165, 1.54) is 25.7 Å². The zero-order valence-electron chi connectivity index (χ0n) is 13.4. The Kier molecular flexibility index (Phi) is 3.96. The third-order valence-corrected chi connectivity index (χ3v) is 5.30. The smallest absolute Gasteiger partial charge is 0.223 e. The summed E-state index contributed by atoms with van der Waals surface area (Å²) in [7, 11) is 0. The van der Waals surface area contributed by atoms with Crippen molar-refractivity contribution < 1.29 is 4.74 Å². The summed E-state index contributed by atoms with van der Waals surface area (Å²) in [5, 5.41) is 2.25. The summed E-state index contributed by atoms with van der Waals surface area (Å²) >= 11 is 0. The Balaban J connectivity index is 1.36. The van der Waals surface area contributed by atoms with Gasteiger partial charge >= 0.3 is 0 Å². The molecule has 8 heteroatoms. The predicted octanol–water partition coefficient (Wildman–Crippen LogP) is 0.427. The molecule has 1 aromatic heterocycles. The van der Waals surface area contributed by atoms with Gasteiger partial charge in [-0.05, 0) is 25.7 Å². The van der Waals surface area contributed by atoms with Gasteiger partial charge in [0.05, 0.1) is 25.3 Å². The summed E-state index contributed by atoms with van der Waals surface area (Å²) in [5.74, 6) is 1.49. The monoisotopic (exact) mass is 319 g/mol. The summed E-state index contributed by atoms with van der Waals surface area (Å²) in [6.45, 7) is 4.67. The first-order chi connectivity index (χ1) is 11.2. The van der Waals surface area contributed by atoms with Gasteiger partial charge in [0.2, 0.25) is 5.95 Å². The van der Waals surface area contributed by atoms with Crippen LogP contribution in [0.4, 0.5) is 17.6 Å². The highest BCUT2D eigenvalue weighted by Crippen LogP contribution is 2.34. The summed E-state index contributed by atoms with van der Waals surface area (Å²) in [4.78, 5) is 10.9. The van der Waals surface area contributed by atoms with Crippen molar-refractivity contribution in [1.82, 2.24) is 19.9 Å². The number of hydrogen-bond acceptors (Lipinski definition) is 8. The van der Waals surface area contributed by atoms with Gasteiger partial charge in [0.1, 0.15) is 5.82 Å². The minimum atomic E-state index is 0.228. The van der Waals surface area contributed by atoms with Crippen LogP contribution in [0.1, 0.15) is 31.2 Å². The molecule has 2 aliphatic heterocycles. The molecule has 2 fully saturated rings. The maximum Gasteiger partial charge on any atom is 0.223 e. The maximum absolute atomic E-state index is 5.97. The van der Waals surface area contributed by atoms with Gasteiger partial charge in [0, 0.05) is 25.2 Å². The molecule has 23 heavy (non-hydrogen) atoms. The van der Waals surface area contributed by atoms with Crippen LogP contribution in [0.15, 0.2) is 0 Å². The highest BCUT2D eigenvalue weighted by molar-refractivity contribution is 5.60. The highest BCUT2D eigenvalue weighted by atomic mass is 16.5. The molecule has 0 atom stereocenters. The molecule has 3 aliphatic rings. The molecule has 1 aromatic rings. The number of nitrogen functional groups attached to an aromatic ring is 2. The first kappa shape index (κ1) is 14.9. The van der Waals surface area contributed by atoms with Crippen LogP contribution in [0.3, 0.4) is 0 Å².